The molecule has 0 rings (SSSR count). The molecule has 0 amide bonds. The van der Waals surface area contributed by atoms with Gasteiger partial charge in [-0.15, -0.1) is 0 Å². The average Bonchev–Trinajstić information content (AvgIpc) is 2.90. The second kappa shape index (κ2) is 24.4. The van der Waals surface area contributed by atoms with Crippen LogP contribution in [0.3, 0.4) is 0 Å². The van der Waals surface area contributed by atoms with Crippen LogP contribution in [0.1, 0.15) is 73.1 Å². The zero-order valence-electron chi connectivity index (χ0n) is 28.3. The van der Waals surface area contributed by atoms with Crippen molar-refractivity contribution >= 4 is 16.6 Å². The number of hydrogen-bond acceptors (Lipinski definition) is 8. The molecule has 0 aliphatic carbocycles. The molecule has 0 radical (unpaired) electrons. The SMILES string of the molecule is CCC(C)COCCOC(C)COCC(C)CCC(O)COCCC[Si](C)(C)O[Si](C)(C)CCCOCC(O)CC. The Balaban J connectivity index is 3.85. The second-order valence-electron chi connectivity index (χ2n) is 13.2. The van der Waals surface area contributed by atoms with E-state index in [1.54, 1.807) is 0 Å². The molecule has 0 spiro atoms. The lowest BCUT2D eigenvalue weighted by molar-refractivity contribution is -0.0388. The van der Waals surface area contributed by atoms with Crippen LogP contribution in [0.4, 0.5) is 0 Å². The van der Waals surface area contributed by atoms with Crippen molar-refractivity contribution in [1.82, 2.24) is 0 Å². The van der Waals surface area contributed by atoms with Gasteiger partial charge in [-0.3, -0.25) is 0 Å². The van der Waals surface area contributed by atoms with Crippen LogP contribution in [-0.2, 0) is 27.8 Å². The maximum absolute atomic E-state index is 10.3. The fraction of sp³-hybridized carbons (Fsp3) is 1.00. The van der Waals surface area contributed by atoms with E-state index in [9.17, 15) is 10.2 Å². The third kappa shape index (κ3) is 26.3. The first kappa shape index (κ1) is 41.1. The van der Waals surface area contributed by atoms with E-state index in [4.69, 9.17) is 27.8 Å². The summed E-state index contributed by atoms with van der Waals surface area (Å²) in [7, 11) is -3.51. The zero-order valence-corrected chi connectivity index (χ0v) is 30.3. The molecule has 5 atom stereocenters. The van der Waals surface area contributed by atoms with Gasteiger partial charge in [0.25, 0.3) is 0 Å². The molecular weight excluding hydrogens is 557 g/mol. The molecule has 0 aliphatic heterocycles. The molecule has 2 N–H and O–H groups in total. The number of aliphatic hydroxyl groups excluding tert-OH is 2. The number of aliphatic hydroxyl groups is 2. The van der Waals surface area contributed by atoms with Crippen LogP contribution in [0.25, 0.3) is 0 Å². The molecule has 10 heteroatoms. The Hall–Kier alpha value is 0.114. The third-order valence-corrected chi connectivity index (χ3v) is 14.8. The summed E-state index contributed by atoms with van der Waals surface area (Å²) >= 11 is 0. The first-order valence-electron chi connectivity index (χ1n) is 16.3. The van der Waals surface area contributed by atoms with Crippen LogP contribution in [0.15, 0.2) is 0 Å². The van der Waals surface area contributed by atoms with Crippen molar-refractivity contribution in [3.05, 3.63) is 0 Å². The highest BCUT2D eigenvalue weighted by Gasteiger charge is 2.32. The second-order valence-corrected chi connectivity index (χ2v) is 22.0. The Labute approximate surface area is 255 Å². The van der Waals surface area contributed by atoms with E-state index >= 15 is 0 Å². The van der Waals surface area contributed by atoms with Crippen LogP contribution in [-0.4, -0.2) is 105 Å². The summed E-state index contributed by atoms with van der Waals surface area (Å²) in [5.41, 5.74) is 0. The summed E-state index contributed by atoms with van der Waals surface area (Å²) in [4.78, 5) is 0. The molecule has 0 aromatic carbocycles. The maximum Gasteiger partial charge on any atom is 0.173 e. The first-order valence-corrected chi connectivity index (χ1v) is 22.5. The van der Waals surface area contributed by atoms with E-state index in [1.165, 1.54) is 0 Å². The molecule has 0 bridgehead atoms. The van der Waals surface area contributed by atoms with Gasteiger partial charge in [-0.2, -0.15) is 0 Å². The van der Waals surface area contributed by atoms with Gasteiger partial charge in [0.1, 0.15) is 0 Å². The molecule has 248 valence electrons. The fourth-order valence-electron chi connectivity index (χ4n) is 4.44. The van der Waals surface area contributed by atoms with Crippen molar-refractivity contribution in [3.8, 4) is 0 Å². The fourth-order valence-corrected chi connectivity index (χ4v) is 13.2. The van der Waals surface area contributed by atoms with Crippen LogP contribution in [0.2, 0.25) is 38.3 Å². The highest BCUT2D eigenvalue weighted by atomic mass is 28.4. The van der Waals surface area contributed by atoms with E-state index in [0.717, 1.165) is 50.8 Å². The third-order valence-electron chi connectivity index (χ3n) is 7.26. The lowest BCUT2D eigenvalue weighted by Gasteiger charge is -2.34. The first-order chi connectivity index (χ1) is 19.3. The minimum Gasteiger partial charge on any atom is -0.455 e. The molecule has 41 heavy (non-hydrogen) atoms. The van der Waals surface area contributed by atoms with E-state index in [2.05, 4.69) is 47.0 Å². The zero-order chi connectivity index (χ0) is 31.2. The minimum atomic E-state index is -1.77. The van der Waals surface area contributed by atoms with Gasteiger partial charge in [-0.1, -0.05) is 34.1 Å². The van der Waals surface area contributed by atoms with E-state index in [0.29, 0.717) is 71.1 Å². The molecule has 0 saturated carbocycles. The average molecular weight is 625 g/mol. The van der Waals surface area contributed by atoms with Crippen molar-refractivity contribution in [2.24, 2.45) is 11.8 Å². The van der Waals surface area contributed by atoms with Crippen molar-refractivity contribution in [2.75, 3.05) is 59.5 Å². The van der Waals surface area contributed by atoms with Gasteiger partial charge < -0.3 is 38.0 Å². The Bertz CT molecular complexity index is 596. The maximum atomic E-state index is 10.3. The quantitative estimate of drug-likeness (QED) is 0.0744. The Kier molecular flexibility index (Phi) is 24.5. The Morgan fingerprint density at radius 2 is 1.10 bits per heavy atom. The van der Waals surface area contributed by atoms with Crippen molar-refractivity contribution in [3.63, 3.8) is 0 Å². The normalized spacial score (nSPS) is 16.5. The molecule has 0 saturated heterocycles. The Morgan fingerprint density at radius 3 is 1.66 bits per heavy atom. The lowest BCUT2D eigenvalue weighted by Crippen LogP contribution is -2.44. The van der Waals surface area contributed by atoms with Gasteiger partial charge in [0.05, 0.1) is 51.3 Å². The summed E-state index contributed by atoms with van der Waals surface area (Å²) in [6, 6.07) is 2.12. The highest BCUT2D eigenvalue weighted by Crippen LogP contribution is 2.24. The molecule has 0 aromatic rings. The van der Waals surface area contributed by atoms with Gasteiger partial charge in [0.2, 0.25) is 0 Å². The molecule has 0 fully saturated rings. The molecule has 5 unspecified atom stereocenters. The summed E-state index contributed by atoms with van der Waals surface area (Å²) in [6.07, 6.45) is 4.67. The summed E-state index contributed by atoms with van der Waals surface area (Å²) < 4.78 is 35.3. The molecular formula is C31H68O8Si2. The number of ether oxygens (including phenoxy) is 5. The molecule has 0 aromatic heterocycles. The van der Waals surface area contributed by atoms with Crippen molar-refractivity contribution < 1.29 is 38.0 Å². The summed E-state index contributed by atoms with van der Waals surface area (Å²) in [5, 5.41) is 19.9. The van der Waals surface area contributed by atoms with E-state index in [-0.39, 0.29) is 12.2 Å². The van der Waals surface area contributed by atoms with Crippen LogP contribution in [0.5, 0.6) is 0 Å². The molecule has 0 heterocycles. The molecule has 8 nitrogen and oxygen atoms in total. The number of hydrogen-bond donors (Lipinski definition) is 2. The van der Waals surface area contributed by atoms with Gasteiger partial charge >= 0.3 is 0 Å². The monoisotopic (exact) mass is 624 g/mol. The largest absolute Gasteiger partial charge is 0.455 e. The molecule has 0 aliphatic rings. The van der Waals surface area contributed by atoms with E-state index < -0.39 is 22.7 Å². The topological polar surface area (TPSA) is 95.8 Å². The van der Waals surface area contributed by atoms with Gasteiger partial charge in [-0.25, -0.2) is 0 Å². The standard InChI is InChI=1S/C31H68O8Si2/c1-10-27(3)22-36-18-19-38-29(5)24-37-23-28(4)14-15-31(33)26-35-17-13-21-41(8,9)39-40(6,7)20-12-16-34-25-30(32)11-2/h27-33H,10-26H2,1-9H3. The summed E-state index contributed by atoms with van der Waals surface area (Å²) in [5.74, 6) is 0.970. The number of rotatable bonds is 29. The van der Waals surface area contributed by atoms with Gasteiger partial charge in [-0.05, 0) is 89.1 Å². The predicted molar refractivity (Wildman–Crippen MR) is 174 cm³/mol. The van der Waals surface area contributed by atoms with E-state index in [1.807, 2.05) is 13.8 Å². The highest BCUT2D eigenvalue weighted by molar-refractivity contribution is 6.84. The van der Waals surface area contributed by atoms with Crippen LogP contribution in [0, 0.1) is 11.8 Å². The van der Waals surface area contributed by atoms with Gasteiger partial charge in [0.15, 0.2) is 16.6 Å². The smallest absolute Gasteiger partial charge is 0.173 e. The predicted octanol–water partition coefficient (Wildman–Crippen LogP) is 6.26. The minimum absolute atomic E-state index is 0.0472. The van der Waals surface area contributed by atoms with Gasteiger partial charge in [0, 0.05) is 26.4 Å². The van der Waals surface area contributed by atoms with Crippen LogP contribution < -0.4 is 0 Å². The van der Waals surface area contributed by atoms with Crippen molar-refractivity contribution in [1.29, 1.82) is 0 Å². The van der Waals surface area contributed by atoms with Crippen LogP contribution >= 0.6 is 0 Å². The lowest BCUT2D eigenvalue weighted by atomic mass is 10.0. The Morgan fingerprint density at radius 1 is 0.561 bits per heavy atom. The van der Waals surface area contributed by atoms with Crippen molar-refractivity contribution in [2.45, 2.75) is 130 Å². The summed E-state index contributed by atoms with van der Waals surface area (Å²) in [6.45, 7) is 25.1.